The van der Waals surface area contributed by atoms with Crippen LogP contribution in [0.15, 0.2) is 60.0 Å². The van der Waals surface area contributed by atoms with Gasteiger partial charge in [0.2, 0.25) is 5.82 Å². The van der Waals surface area contributed by atoms with Gasteiger partial charge in [-0.2, -0.15) is 0 Å². The second-order valence-electron chi connectivity index (χ2n) is 7.57. The fourth-order valence-electron chi connectivity index (χ4n) is 3.39. The van der Waals surface area contributed by atoms with E-state index in [9.17, 15) is 9.18 Å². The predicted octanol–water partition coefficient (Wildman–Crippen LogP) is 4.66. The summed E-state index contributed by atoms with van der Waals surface area (Å²) in [6, 6.07) is 14.8. The number of methoxy groups -OCH3 is 2. The topological polar surface area (TPSA) is 87.5 Å². The summed E-state index contributed by atoms with van der Waals surface area (Å²) in [7, 11) is 3.17. The number of rotatable bonds is 10. The van der Waals surface area contributed by atoms with Crippen LogP contribution in [0.5, 0.6) is 11.5 Å². The van der Waals surface area contributed by atoms with Gasteiger partial charge in [0.25, 0.3) is 5.91 Å². The maximum absolute atomic E-state index is 13.4. The fourth-order valence-corrected chi connectivity index (χ4v) is 4.09. The molecule has 0 saturated heterocycles. The average molecular weight is 497 g/mol. The van der Waals surface area contributed by atoms with Crippen molar-refractivity contribution in [1.29, 1.82) is 0 Å². The Balaban J connectivity index is 1.56. The van der Waals surface area contributed by atoms with Crippen LogP contribution in [0.25, 0.3) is 16.4 Å². The number of hydrogen-bond acceptors (Lipinski definition) is 7. The number of halogens is 1. The fraction of sp³-hybridized carbons (Fsp3) is 0.240. The van der Waals surface area contributed by atoms with Crippen molar-refractivity contribution < 1.29 is 23.4 Å². The normalized spacial score (nSPS) is 11.8. The summed E-state index contributed by atoms with van der Waals surface area (Å²) in [4.78, 5) is 18.4. The van der Waals surface area contributed by atoms with E-state index in [1.165, 1.54) is 23.5 Å². The Labute approximate surface area is 206 Å². The Morgan fingerprint density at radius 3 is 2.60 bits per heavy atom. The molecule has 0 aliphatic rings. The van der Waals surface area contributed by atoms with Crippen LogP contribution in [0, 0.1) is 5.82 Å². The zero-order chi connectivity index (χ0) is 24.8. The van der Waals surface area contributed by atoms with Gasteiger partial charge in [-0.15, -0.1) is 16.4 Å². The number of carbonyl (C=O) groups is 1. The molecule has 10 heteroatoms. The molecule has 2 aromatic heterocycles. The molecular weight excluding hydrogens is 471 g/mol. The first-order valence-corrected chi connectivity index (χ1v) is 11.8. The Bertz CT molecular complexity index is 1280. The Morgan fingerprint density at radius 2 is 1.91 bits per heavy atom. The van der Waals surface area contributed by atoms with Crippen LogP contribution in [-0.4, -0.2) is 48.1 Å². The third-order valence-corrected chi connectivity index (χ3v) is 6.07. The highest BCUT2D eigenvalue weighted by molar-refractivity contribution is 7.13. The summed E-state index contributed by atoms with van der Waals surface area (Å²) in [5.41, 5.74) is 1.42. The number of amides is 1. The molecule has 1 amide bonds. The highest BCUT2D eigenvalue weighted by Gasteiger charge is 2.21. The van der Waals surface area contributed by atoms with Crippen molar-refractivity contribution in [2.45, 2.75) is 13.0 Å². The number of aromatic nitrogens is 3. The van der Waals surface area contributed by atoms with Gasteiger partial charge in [0.1, 0.15) is 12.4 Å². The summed E-state index contributed by atoms with van der Waals surface area (Å²) >= 11 is 1.47. The molecule has 1 N–H and O–H groups in total. The van der Waals surface area contributed by atoms with Crippen LogP contribution >= 0.6 is 11.3 Å². The largest absolute Gasteiger partial charge is 0.493 e. The molecule has 2 aromatic carbocycles. The van der Waals surface area contributed by atoms with E-state index in [4.69, 9.17) is 14.2 Å². The Morgan fingerprint density at radius 1 is 1.11 bits per heavy atom. The number of ether oxygens (including phenoxy) is 3. The number of nitrogens with zero attached hydrogens (tertiary/aromatic N) is 3. The Hall–Kier alpha value is -3.76. The van der Waals surface area contributed by atoms with Crippen molar-refractivity contribution >= 4 is 17.2 Å². The van der Waals surface area contributed by atoms with Gasteiger partial charge in [-0.1, -0.05) is 12.1 Å². The monoisotopic (exact) mass is 496 g/mol. The highest BCUT2D eigenvalue weighted by atomic mass is 32.1. The summed E-state index contributed by atoms with van der Waals surface area (Å²) < 4.78 is 31.1. The molecule has 0 saturated carbocycles. The van der Waals surface area contributed by atoms with Gasteiger partial charge in [-0.05, 0) is 60.3 Å². The second-order valence-corrected chi connectivity index (χ2v) is 8.52. The lowest BCUT2D eigenvalue weighted by molar-refractivity contribution is 0.0929. The van der Waals surface area contributed by atoms with E-state index in [-0.39, 0.29) is 17.7 Å². The van der Waals surface area contributed by atoms with Gasteiger partial charge < -0.3 is 19.5 Å². The molecule has 2 heterocycles. The van der Waals surface area contributed by atoms with Gasteiger partial charge in [0.05, 0.1) is 30.3 Å². The van der Waals surface area contributed by atoms with Crippen LogP contribution in [0.4, 0.5) is 4.39 Å². The van der Waals surface area contributed by atoms with Crippen molar-refractivity contribution in [3.8, 4) is 27.9 Å². The molecule has 1 atom stereocenters. The maximum atomic E-state index is 13.4. The molecule has 1 unspecified atom stereocenters. The molecule has 182 valence electrons. The first-order chi connectivity index (χ1) is 17.0. The number of nitrogens with one attached hydrogen (secondary N) is 1. The van der Waals surface area contributed by atoms with Crippen LogP contribution in [-0.2, 0) is 4.74 Å². The van der Waals surface area contributed by atoms with Crippen molar-refractivity contribution in [1.82, 2.24) is 20.1 Å². The van der Waals surface area contributed by atoms with Crippen LogP contribution in [0.1, 0.15) is 29.1 Å². The first kappa shape index (κ1) is 24.4. The van der Waals surface area contributed by atoms with Gasteiger partial charge in [0.15, 0.2) is 17.3 Å². The average Bonchev–Trinajstić information content (AvgIpc) is 3.55. The minimum absolute atomic E-state index is 0.0102. The second kappa shape index (κ2) is 11.1. The lowest BCUT2D eigenvalue weighted by Gasteiger charge is -2.16. The van der Waals surface area contributed by atoms with E-state index in [0.717, 1.165) is 10.4 Å². The summed E-state index contributed by atoms with van der Waals surface area (Å²) in [5.74, 6) is 0.865. The van der Waals surface area contributed by atoms with E-state index in [1.807, 2.05) is 36.6 Å². The van der Waals surface area contributed by atoms with Gasteiger partial charge in [-0.25, -0.2) is 14.1 Å². The number of carbonyl (C=O) groups excluding carboxylic acids is 1. The van der Waals surface area contributed by atoms with Crippen LogP contribution in [0.2, 0.25) is 0 Å². The molecule has 4 aromatic rings. The summed E-state index contributed by atoms with van der Waals surface area (Å²) in [6.45, 7) is 2.71. The van der Waals surface area contributed by atoms with Gasteiger partial charge >= 0.3 is 0 Å². The molecule has 0 fully saturated rings. The van der Waals surface area contributed by atoms with Crippen LogP contribution < -0.4 is 14.8 Å². The molecule has 8 nitrogen and oxygen atoms in total. The van der Waals surface area contributed by atoms with E-state index < -0.39 is 5.91 Å². The standard InChI is InChI=1S/C25H25FN4O4S/c1-16(17-6-11-20(21(15-17)33-3)34-13-12-32-2)27-25(31)23-28-24(22-5-4-14-35-22)30(29-23)19-9-7-18(26)8-10-19/h4-11,14-16H,12-13H2,1-3H3,(H,27,31). The smallest absolute Gasteiger partial charge is 0.291 e. The first-order valence-electron chi connectivity index (χ1n) is 10.9. The molecule has 0 radical (unpaired) electrons. The van der Waals surface area contributed by atoms with Crippen molar-refractivity contribution in [3.63, 3.8) is 0 Å². The van der Waals surface area contributed by atoms with Crippen molar-refractivity contribution in [2.24, 2.45) is 0 Å². The minimum atomic E-state index is -0.435. The van der Waals surface area contributed by atoms with E-state index >= 15 is 0 Å². The summed E-state index contributed by atoms with van der Waals surface area (Å²) in [6.07, 6.45) is 0. The number of hydrogen-bond donors (Lipinski definition) is 1. The SMILES string of the molecule is COCCOc1ccc(C(C)NC(=O)c2nc(-c3cccs3)n(-c3ccc(F)cc3)n2)cc1OC. The predicted molar refractivity (Wildman–Crippen MR) is 131 cm³/mol. The van der Waals surface area contributed by atoms with E-state index in [1.54, 1.807) is 37.1 Å². The van der Waals surface area contributed by atoms with Crippen LogP contribution in [0.3, 0.4) is 0 Å². The van der Waals surface area contributed by atoms with Gasteiger partial charge in [-0.3, -0.25) is 4.79 Å². The van der Waals surface area contributed by atoms with E-state index in [0.29, 0.717) is 36.2 Å². The molecule has 0 bridgehead atoms. The minimum Gasteiger partial charge on any atom is -0.493 e. The van der Waals surface area contributed by atoms with Crippen molar-refractivity contribution in [2.75, 3.05) is 27.4 Å². The van der Waals surface area contributed by atoms with Gasteiger partial charge in [0, 0.05) is 7.11 Å². The molecule has 4 rings (SSSR count). The molecule has 0 aliphatic carbocycles. The molecule has 0 aliphatic heterocycles. The zero-order valence-electron chi connectivity index (χ0n) is 19.5. The summed E-state index contributed by atoms with van der Waals surface area (Å²) in [5, 5.41) is 9.27. The molecule has 0 spiro atoms. The Kier molecular flexibility index (Phi) is 7.74. The third kappa shape index (κ3) is 5.67. The maximum Gasteiger partial charge on any atom is 0.291 e. The third-order valence-electron chi connectivity index (χ3n) is 5.20. The molecule has 35 heavy (non-hydrogen) atoms. The highest BCUT2D eigenvalue weighted by Crippen LogP contribution is 2.31. The lowest BCUT2D eigenvalue weighted by atomic mass is 10.1. The number of benzene rings is 2. The zero-order valence-corrected chi connectivity index (χ0v) is 20.3. The van der Waals surface area contributed by atoms with E-state index in [2.05, 4.69) is 15.4 Å². The van der Waals surface area contributed by atoms with Crippen molar-refractivity contribution in [3.05, 3.63) is 77.2 Å². The molecular formula is C25H25FN4O4S. The quantitative estimate of drug-likeness (QED) is 0.321. The lowest BCUT2D eigenvalue weighted by Crippen LogP contribution is -2.27. The number of thiophene rings is 1.